The van der Waals surface area contributed by atoms with Gasteiger partial charge in [0.1, 0.15) is 5.82 Å². The van der Waals surface area contributed by atoms with E-state index in [2.05, 4.69) is 37.9 Å². The Kier molecular flexibility index (Phi) is 7.86. The van der Waals surface area contributed by atoms with Crippen LogP contribution in [0.1, 0.15) is 38.8 Å². The molecule has 4 heteroatoms. The molecule has 1 atom stereocenters. The third-order valence-electron chi connectivity index (χ3n) is 3.64. The van der Waals surface area contributed by atoms with Gasteiger partial charge in [-0.05, 0) is 25.1 Å². The maximum atomic E-state index is 14.0. The highest BCUT2D eigenvalue weighted by atomic mass is 19.1. The molecule has 0 bridgehead atoms. The van der Waals surface area contributed by atoms with Crippen molar-refractivity contribution >= 4 is 0 Å². The molecule has 0 fully saturated rings. The molecule has 21 heavy (non-hydrogen) atoms. The number of halogens is 1. The van der Waals surface area contributed by atoms with Crippen LogP contribution in [0.3, 0.4) is 0 Å². The average molecular weight is 296 g/mol. The summed E-state index contributed by atoms with van der Waals surface area (Å²) >= 11 is 0. The quantitative estimate of drug-likeness (QED) is 0.757. The summed E-state index contributed by atoms with van der Waals surface area (Å²) in [6.07, 6.45) is 0. The molecule has 3 nitrogen and oxygen atoms in total. The molecule has 0 saturated heterocycles. The lowest BCUT2D eigenvalue weighted by atomic mass is 10.1. The fourth-order valence-corrected chi connectivity index (χ4v) is 2.33. The Labute approximate surface area is 128 Å². The van der Waals surface area contributed by atoms with Crippen LogP contribution in [0, 0.1) is 5.82 Å². The average Bonchev–Trinajstić information content (AvgIpc) is 2.45. The third-order valence-corrected chi connectivity index (χ3v) is 3.64. The molecule has 0 aliphatic rings. The van der Waals surface area contributed by atoms with Crippen LogP contribution in [0.5, 0.6) is 0 Å². The highest BCUT2D eigenvalue weighted by Crippen LogP contribution is 2.15. The van der Waals surface area contributed by atoms with Gasteiger partial charge in [0.15, 0.2) is 0 Å². The molecule has 0 aliphatic carbocycles. The maximum absolute atomic E-state index is 14.0. The topological polar surface area (TPSA) is 24.5 Å². The van der Waals surface area contributed by atoms with Crippen molar-refractivity contribution in [1.82, 2.24) is 10.2 Å². The summed E-state index contributed by atoms with van der Waals surface area (Å²) in [5.41, 5.74) is 1.87. The number of likely N-dealkylation sites (N-methyl/N-ethyl adjacent to an activating group) is 1. The summed E-state index contributed by atoms with van der Waals surface area (Å²) in [6, 6.07) is 6.08. The minimum atomic E-state index is -0.133. The first-order chi connectivity index (χ1) is 9.97. The molecule has 1 N–H and O–H groups in total. The normalized spacial score (nSPS) is 13.1. The van der Waals surface area contributed by atoms with Gasteiger partial charge < -0.3 is 10.1 Å². The van der Waals surface area contributed by atoms with Crippen LogP contribution in [0.15, 0.2) is 18.2 Å². The van der Waals surface area contributed by atoms with E-state index in [0.29, 0.717) is 19.2 Å². The zero-order valence-corrected chi connectivity index (χ0v) is 13.9. The van der Waals surface area contributed by atoms with Gasteiger partial charge >= 0.3 is 0 Å². The predicted octanol–water partition coefficient (Wildman–Crippen LogP) is 3.18. The zero-order chi connectivity index (χ0) is 15.8. The molecule has 0 amide bonds. The van der Waals surface area contributed by atoms with Gasteiger partial charge in [-0.1, -0.05) is 32.9 Å². The lowest BCUT2D eigenvalue weighted by Crippen LogP contribution is -2.35. The van der Waals surface area contributed by atoms with Crippen LogP contribution in [-0.4, -0.2) is 37.2 Å². The zero-order valence-electron chi connectivity index (χ0n) is 13.9. The van der Waals surface area contributed by atoms with Crippen molar-refractivity contribution in [2.75, 3.05) is 20.3 Å². The first-order valence-electron chi connectivity index (χ1n) is 7.71. The number of ether oxygens (including phenoxy) is 1. The smallest absolute Gasteiger partial charge is 0.127 e. The van der Waals surface area contributed by atoms with E-state index in [0.717, 1.165) is 24.2 Å². The van der Waals surface area contributed by atoms with Crippen molar-refractivity contribution < 1.29 is 9.13 Å². The van der Waals surface area contributed by atoms with E-state index < -0.39 is 0 Å². The van der Waals surface area contributed by atoms with Gasteiger partial charge in [0.2, 0.25) is 0 Å². The van der Waals surface area contributed by atoms with E-state index in [1.165, 1.54) is 0 Å². The van der Waals surface area contributed by atoms with Crippen LogP contribution in [0.4, 0.5) is 4.39 Å². The van der Waals surface area contributed by atoms with Crippen molar-refractivity contribution in [3.63, 3.8) is 0 Å². The lowest BCUT2D eigenvalue weighted by molar-refractivity contribution is 0.0974. The molecule has 0 spiro atoms. The molecule has 0 aromatic heterocycles. The van der Waals surface area contributed by atoms with Gasteiger partial charge in [-0.25, -0.2) is 4.39 Å². The van der Waals surface area contributed by atoms with E-state index in [1.54, 1.807) is 13.2 Å². The van der Waals surface area contributed by atoms with Crippen LogP contribution in [0.25, 0.3) is 0 Å². The number of nitrogens with zero attached hydrogens (tertiary/aromatic N) is 1. The molecule has 0 heterocycles. The molecule has 1 aromatic rings. The molecule has 1 unspecified atom stereocenters. The second kappa shape index (κ2) is 9.13. The first kappa shape index (κ1) is 18.1. The van der Waals surface area contributed by atoms with E-state index in [1.807, 2.05) is 12.1 Å². The third kappa shape index (κ3) is 6.12. The molecular formula is C17H29FN2O. The van der Waals surface area contributed by atoms with Crippen LogP contribution in [-0.2, 0) is 17.8 Å². The highest BCUT2D eigenvalue weighted by molar-refractivity contribution is 5.25. The van der Waals surface area contributed by atoms with Crippen molar-refractivity contribution in [2.24, 2.45) is 0 Å². The minimum absolute atomic E-state index is 0.133. The van der Waals surface area contributed by atoms with Crippen LogP contribution >= 0.6 is 0 Å². The fourth-order valence-electron chi connectivity index (χ4n) is 2.33. The molecule has 1 rings (SSSR count). The molecule has 1 aromatic carbocycles. The van der Waals surface area contributed by atoms with Gasteiger partial charge in [0.05, 0.1) is 6.61 Å². The van der Waals surface area contributed by atoms with E-state index in [9.17, 15) is 4.39 Å². The minimum Gasteiger partial charge on any atom is -0.383 e. The standard InChI is InChI=1S/C17H29FN2O/c1-6-20(14(4)12-21-5)11-16-9-15(7-8-17(16)18)10-19-13(2)3/h7-9,13-14,19H,6,10-12H2,1-5H3. The Balaban J connectivity index is 2.78. The van der Waals surface area contributed by atoms with E-state index >= 15 is 0 Å². The summed E-state index contributed by atoms with van der Waals surface area (Å²) in [4.78, 5) is 2.22. The van der Waals surface area contributed by atoms with Gasteiger partial charge in [0, 0.05) is 37.8 Å². The summed E-state index contributed by atoms with van der Waals surface area (Å²) in [6.45, 7) is 11.3. The van der Waals surface area contributed by atoms with Gasteiger partial charge in [-0.3, -0.25) is 4.90 Å². The summed E-state index contributed by atoms with van der Waals surface area (Å²) < 4.78 is 19.2. The second-order valence-electron chi connectivity index (χ2n) is 5.83. The monoisotopic (exact) mass is 296 g/mol. The maximum Gasteiger partial charge on any atom is 0.127 e. The van der Waals surface area contributed by atoms with Crippen molar-refractivity contribution in [2.45, 2.75) is 52.9 Å². The summed E-state index contributed by atoms with van der Waals surface area (Å²) in [5, 5.41) is 3.36. The Morgan fingerprint density at radius 3 is 2.57 bits per heavy atom. The molecule has 120 valence electrons. The SMILES string of the molecule is CCN(Cc1cc(CNC(C)C)ccc1F)C(C)COC. The Hall–Kier alpha value is -0.970. The van der Waals surface area contributed by atoms with Crippen LogP contribution in [0.2, 0.25) is 0 Å². The number of rotatable bonds is 9. The summed E-state index contributed by atoms with van der Waals surface area (Å²) in [7, 11) is 1.70. The molecular weight excluding hydrogens is 267 g/mol. The first-order valence-corrected chi connectivity index (χ1v) is 7.71. The number of benzene rings is 1. The van der Waals surface area contributed by atoms with E-state index in [-0.39, 0.29) is 11.9 Å². The number of nitrogens with one attached hydrogen (secondary N) is 1. The molecule has 0 saturated carbocycles. The number of hydrogen-bond acceptors (Lipinski definition) is 3. The Bertz CT molecular complexity index is 423. The Morgan fingerprint density at radius 1 is 1.29 bits per heavy atom. The highest BCUT2D eigenvalue weighted by Gasteiger charge is 2.14. The molecule has 0 radical (unpaired) electrons. The van der Waals surface area contributed by atoms with Gasteiger partial charge in [-0.2, -0.15) is 0 Å². The van der Waals surface area contributed by atoms with Crippen molar-refractivity contribution in [3.8, 4) is 0 Å². The predicted molar refractivity (Wildman–Crippen MR) is 85.8 cm³/mol. The molecule has 0 aliphatic heterocycles. The second-order valence-corrected chi connectivity index (χ2v) is 5.83. The number of methoxy groups -OCH3 is 1. The number of hydrogen-bond donors (Lipinski definition) is 1. The van der Waals surface area contributed by atoms with Crippen molar-refractivity contribution in [1.29, 1.82) is 0 Å². The largest absolute Gasteiger partial charge is 0.383 e. The lowest BCUT2D eigenvalue weighted by Gasteiger charge is -2.27. The fraction of sp³-hybridized carbons (Fsp3) is 0.647. The van der Waals surface area contributed by atoms with E-state index in [4.69, 9.17) is 4.74 Å². The Morgan fingerprint density at radius 2 is 2.00 bits per heavy atom. The van der Waals surface area contributed by atoms with Gasteiger partial charge in [0.25, 0.3) is 0 Å². The summed E-state index contributed by atoms with van der Waals surface area (Å²) in [5.74, 6) is -0.133. The van der Waals surface area contributed by atoms with Crippen molar-refractivity contribution in [3.05, 3.63) is 35.1 Å². The van der Waals surface area contributed by atoms with Crippen LogP contribution < -0.4 is 5.32 Å². The van der Waals surface area contributed by atoms with Gasteiger partial charge in [-0.15, -0.1) is 0 Å².